The highest BCUT2D eigenvalue weighted by Crippen LogP contribution is 2.24. The summed E-state index contributed by atoms with van der Waals surface area (Å²) in [6, 6.07) is 13.6. The van der Waals surface area contributed by atoms with Crippen molar-refractivity contribution in [2.24, 2.45) is 23.3 Å². The molecule has 0 spiro atoms. The fourth-order valence-electron chi connectivity index (χ4n) is 6.14. The number of unbranched alkanes of at least 4 members (excludes halogenated alkanes) is 2. The summed E-state index contributed by atoms with van der Waals surface area (Å²) in [5.74, 6) is -3.99. The Balaban J connectivity index is 2.11. The first kappa shape index (κ1) is 45.5. The van der Waals surface area contributed by atoms with Gasteiger partial charge in [-0.3, -0.25) is 24.0 Å². The Labute approximate surface area is 316 Å². The maximum absolute atomic E-state index is 13.6. The summed E-state index contributed by atoms with van der Waals surface area (Å²) >= 11 is 0. The summed E-state index contributed by atoms with van der Waals surface area (Å²) in [7, 11) is 0. The molecule has 12 heteroatoms. The highest BCUT2D eigenvalue weighted by molar-refractivity contribution is 6.50. The largest absolute Gasteiger partial charge is 0.450 e. The highest BCUT2D eigenvalue weighted by Gasteiger charge is 2.33. The number of aliphatic hydroxyl groups is 1. The topological polar surface area (TPSA) is 202 Å². The first-order valence-corrected chi connectivity index (χ1v) is 19.4. The lowest BCUT2D eigenvalue weighted by atomic mass is 9.58. The van der Waals surface area contributed by atoms with Crippen molar-refractivity contribution >= 4 is 36.1 Å². The van der Waals surface area contributed by atoms with Gasteiger partial charge < -0.3 is 32.2 Å². The van der Waals surface area contributed by atoms with Gasteiger partial charge >= 0.3 is 0 Å². The van der Waals surface area contributed by atoms with Gasteiger partial charge in [-0.25, -0.2) is 0 Å². The molecule has 6 atom stereocenters. The van der Waals surface area contributed by atoms with Gasteiger partial charge in [-0.1, -0.05) is 89.0 Å². The Bertz CT molecular complexity index is 1450. The number of hydrogen-bond acceptors (Lipinski definition) is 9. The minimum atomic E-state index is -1.31. The first-order valence-electron chi connectivity index (χ1n) is 19.4. The Morgan fingerprint density at radius 2 is 1.34 bits per heavy atom. The summed E-state index contributed by atoms with van der Waals surface area (Å²) in [5, 5.41) is 25.8. The smallest absolute Gasteiger partial charge is 0.289 e. The van der Waals surface area contributed by atoms with Crippen molar-refractivity contribution in [1.29, 1.82) is 0 Å². The van der Waals surface area contributed by atoms with Crippen molar-refractivity contribution in [1.82, 2.24) is 10.6 Å². The SMILES string of the molecule is CCCCc1ccc(-c2ccc(C(=O)C[C@@H](CCCCN)C(=O)N[C@H](C(=O)C[C@@H](C)C(=O)N[C@@H](CCCN)C(=O)C[C@@H](C)B(C)O)C(C)O)cc2)cc1. The van der Waals surface area contributed by atoms with Gasteiger partial charge in [0.25, 0.3) is 6.92 Å². The quantitative estimate of drug-likeness (QED) is 0.0452. The van der Waals surface area contributed by atoms with E-state index in [1.165, 1.54) is 12.5 Å². The molecule has 2 aromatic carbocycles. The number of Topliss-reactive ketones (excluding diaryl/α,β-unsaturated/α-hetero) is 3. The standard InChI is InChI=1S/C41H63BN4O7/c1-6-7-11-30-14-16-31(17-15-30)32-18-20-33(21-19-32)36(48)26-34(12-8-9-22-43)41(52)46-39(29(4)47)38(50)24-27(2)40(51)45-35(13-10-23-44)37(49)25-28(3)42(5)53/h14-21,27-29,34-35,39,47,53H,6-13,22-26,43-44H2,1-5H3,(H,45,51)(H,46,52)/t27-,28-,29?,34-,35+,39+/m1/s1. The minimum Gasteiger partial charge on any atom is -0.450 e. The molecule has 2 aromatic rings. The van der Waals surface area contributed by atoms with Crippen LogP contribution in [-0.2, 0) is 25.6 Å². The second kappa shape index (κ2) is 23.9. The van der Waals surface area contributed by atoms with E-state index in [2.05, 4.69) is 41.8 Å². The minimum absolute atomic E-state index is 0.0739. The van der Waals surface area contributed by atoms with Gasteiger partial charge in [-0.05, 0) is 81.0 Å². The molecular weight excluding hydrogens is 671 g/mol. The van der Waals surface area contributed by atoms with Crippen LogP contribution in [0, 0.1) is 11.8 Å². The lowest BCUT2D eigenvalue weighted by Crippen LogP contribution is -2.51. The molecule has 0 saturated heterocycles. The van der Waals surface area contributed by atoms with Gasteiger partial charge in [-0.15, -0.1) is 0 Å². The van der Waals surface area contributed by atoms with Crippen LogP contribution < -0.4 is 22.1 Å². The average molecular weight is 735 g/mol. The predicted octanol–water partition coefficient (Wildman–Crippen LogP) is 4.66. The molecule has 0 saturated carbocycles. The van der Waals surface area contributed by atoms with Gasteiger partial charge in [0.2, 0.25) is 11.8 Å². The third kappa shape index (κ3) is 15.7. The van der Waals surface area contributed by atoms with E-state index < -0.39 is 54.5 Å². The first-order chi connectivity index (χ1) is 25.2. The third-order valence-corrected chi connectivity index (χ3v) is 9.95. The molecule has 0 aromatic heterocycles. The zero-order valence-corrected chi connectivity index (χ0v) is 32.4. The number of benzene rings is 2. The third-order valence-electron chi connectivity index (χ3n) is 9.95. The number of rotatable bonds is 26. The molecule has 0 fully saturated rings. The molecule has 0 aliphatic heterocycles. The van der Waals surface area contributed by atoms with Gasteiger partial charge in [0, 0.05) is 36.7 Å². The Morgan fingerprint density at radius 3 is 1.89 bits per heavy atom. The molecule has 2 rings (SSSR count). The van der Waals surface area contributed by atoms with Crippen LogP contribution in [0.1, 0.15) is 108 Å². The Morgan fingerprint density at radius 1 is 0.736 bits per heavy atom. The van der Waals surface area contributed by atoms with Crippen LogP contribution in [0.25, 0.3) is 11.1 Å². The van der Waals surface area contributed by atoms with Gasteiger partial charge in [0.05, 0.1) is 12.1 Å². The Kier molecular flexibility index (Phi) is 20.5. The summed E-state index contributed by atoms with van der Waals surface area (Å²) in [6.45, 7) is 8.51. The summed E-state index contributed by atoms with van der Waals surface area (Å²) in [5.41, 5.74) is 15.1. The van der Waals surface area contributed by atoms with Crippen molar-refractivity contribution < 1.29 is 34.1 Å². The van der Waals surface area contributed by atoms with E-state index in [9.17, 15) is 34.1 Å². The fourth-order valence-corrected chi connectivity index (χ4v) is 6.14. The highest BCUT2D eigenvalue weighted by atomic mass is 16.3. The van der Waals surface area contributed by atoms with Crippen molar-refractivity contribution in [3.63, 3.8) is 0 Å². The fraction of sp³-hybridized carbons (Fsp3) is 0.585. The van der Waals surface area contributed by atoms with Crippen LogP contribution in [0.15, 0.2) is 48.5 Å². The van der Waals surface area contributed by atoms with Gasteiger partial charge in [0.15, 0.2) is 17.3 Å². The second-order valence-electron chi connectivity index (χ2n) is 14.7. The van der Waals surface area contributed by atoms with Crippen LogP contribution in [0.4, 0.5) is 0 Å². The molecule has 292 valence electrons. The van der Waals surface area contributed by atoms with E-state index in [1.807, 2.05) is 12.1 Å². The number of carbonyl (C=O) groups is 5. The van der Waals surface area contributed by atoms with E-state index in [1.54, 1.807) is 32.8 Å². The molecule has 0 aliphatic rings. The zero-order chi connectivity index (χ0) is 39.5. The molecular formula is C41H63BN4O7. The molecule has 8 N–H and O–H groups in total. The number of hydrogen-bond donors (Lipinski definition) is 6. The van der Waals surface area contributed by atoms with E-state index in [0.29, 0.717) is 50.8 Å². The number of ketones is 3. The maximum atomic E-state index is 13.6. The summed E-state index contributed by atoms with van der Waals surface area (Å²) in [6.07, 6.45) is 4.17. The number of carbonyl (C=O) groups excluding carboxylic acids is 5. The molecule has 0 bridgehead atoms. The summed E-state index contributed by atoms with van der Waals surface area (Å²) in [4.78, 5) is 66.6. The Hall–Kier alpha value is -3.71. The van der Waals surface area contributed by atoms with Gasteiger partial charge in [0.1, 0.15) is 6.04 Å². The molecule has 0 radical (unpaired) electrons. The van der Waals surface area contributed by atoms with E-state index in [0.717, 1.165) is 30.4 Å². The molecule has 2 amide bonds. The second-order valence-corrected chi connectivity index (χ2v) is 14.7. The monoisotopic (exact) mass is 734 g/mol. The zero-order valence-electron chi connectivity index (χ0n) is 32.4. The van der Waals surface area contributed by atoms with Crippen molar-refractivity contribution in [2.45, 2.75) is 129 Å². The van der Waals surface area contributed by atoms with Crippen LogP contribution >= 0.6 is 0 Å². The molecule has 11 nitrogen and oxygen atoms in total. The number of nitrogens with two attached hydrogens (primary N) is 2. The van der Waals surface area contributed by atoms with E-state index >= 15 is 0 Å². The van der Waals surface area contributed by atoms with Crippen molar-refractivity contribution in [3.05, 3.63) is 59.7 Å². The molecule has 0 aliphatic carbocycles. The normalized spacial score (nSPS) is 14.7. The van der Waals surface area contributed by atoms with E-state index in [-0.39, 0.29) is 36.6 Å². The maximum Gasteiger partial charge on any atom is 0.289 e. The van der Waals surface area contributed by atoms with Gasteiger partial charge in [-0.2, -0.15) is 0 Å². The number of aliphatic hydroxyl groups excluding tert-OH is 1. The molecule has 53 heavy (non-hydrogen) atoms. The van der Waals surface area contributed by atoms with Crippen LogP contribution in [0.2, 0.25) is 12.6 Å². The summed E-state index contributed by atoms with van der Waals surface area (Å²) < 4.78 is 0. The number of amides is 2. The van der Waals surface area contributed by atoms with Crippen LogP contribution in [-0.4, -0.2) is 77.5 Å². The predicted molar refractivity (Wildman–Crippen MR) is 211 cm³/mol. The lowest BCUT2D eigenvalue weighted by Gasteiger charge is -2.25. The van der Waals surface area contributed by atoms with Crippen molar-refractivity contribution in [3.8, 4) is 11.1 Å². The number of aryl methyl sites for hydroxylation is 1. The van der Waals surface area contributed by atoms with Crippen LogP contribution in [0.3, 0.4) is 0 Å². The lowest BCUT2D eigenvalue weighted by molar-refractivity contribution is -0.135. The van der Waals surface area contributed by atoms with Crippen molar-refractivity contribution in [2.75, 3.05) is 13.1 Å². The van der Waals surface area contributed by atoms with E-state index in [4.69, 9.17) is 11.5 Å². The number of nitrogens with one attached hydrogen (secondary N) is 2. The van der Waals surface area contributed by atoms with Crippen LogP contribution in [0.5, 0.6) is 0 Å². The molecule has 1 unspecified atom stereocenters. The average Bonchev–Trinajstić information content (AvgIpc) is 3.13. The molecule has 0 heterocycles.